The highest BCUT2D eigenvalue weighted by Gasteiger charge is 2.30. The van der Waals surface area contributed by atoms with Gasteiger partial charge in [0.15, 0.2) is 0 Å². The smallest absolute Gasteiger partial charge is 0.0640 e. The highest BCUT2D eigenvalue weighted by molar-refractivity contribution is 6.42. The van der Waals surface area contributed by atoms with Crippen molar-refractivity contribution in [3.63, 3.8) is 0 Å². The first-order valence-electron chi connectivity index (χ1n) is 6.08. The van der Waals surface area contributed by atoms with Gasteiger partial charge in [-0.15, -0.1) is 0 Å². The summed E-state index contributed by atoms with van der Waals surface area (Å²) in [4.78, 5) is 2.34. The van der Waals surface area contributed by atoms with Gasteiger partial charge in [-0.1, -0.05) is 29.3 Å². The summed E-state index contributed by atoms with van der Waals surface area (Å²) in [6, 6.07) is 4.13. The summed E-state index contributed by atoms with van der Waals surface area (Å²) >= 11 is 12.3. The number of rotatable bonds is 5. The fraction of sp³-hybridized carbons (Fsp3) is 0.538. The van der Waals surface area contributed by atoms with Gasteiger partial charge < -0.3 is 10.5 Å². The number of benzene rings is 1. The summed E-state index contributed by atoms with van der Waals surface area (Å²) in [5.41, 5.74) is 8.22. The van der Waals surface area contributed by atoms with Crippen molar-refractivity contribution >= 4 is 23.2 Å². The molecule has 0 radical (unpaired) electrons. The molecule has 100 valence electrons. The van der Waals surface area contributed by atoms with Gasteiger partial charge in [0.1, 0.15) is 0 Å². The molecule has 2 N–H and O–H groups in total. The van der Waals surface area contributed by atoms with E-state index in [1.807, 2.05) is 12.1 Å². The zero-order valence-corrected chi connectivity index (χ0v) is 12.0. The molecule has 1 aromatic carbocycles. The molecule has 1 atom stereocenters. The number of hydrogen-bond donors (Lipinski definition) is 1. The highest BCUT2D eigenvalue weighted by atomic mass is 35.5. The molecule has 0 fully saturated rings. The van der Waals surface area contributed by atoms with Crippen LogP contribution in [0.1, 0.15) is 23.6 Å². The number of nitrogens with two attached hydrogens (primary N) is 1. The van der Waals surface area contributed by atoms with Crippen LogP contribution < -0.4 is 5.73 Å². The number of hydrogen-bond acceptors (Lipinski definition) is 3. The Bertz CT molecular complexity index is 426. The van der Waals surface area contributed by atoms with Gasteiger partial charge in [0.2, 0.25) is 0 Å². The monoisotopic (exact) mass is 288 g/mol. The Labute approximate surface area is 118 Å². The van der Waals surface area contributed by atoms with Crippen molar-refractivity contribution < 1.29 is 4.74 Å². The second-order valence-electron chi connectivity index (χ2n) is 4.50. The average Bonchev–Trinajstić information content (AvgIpc) is 2.73. The maximum Gasteiger partial charge on any atom is 0.0640 e. The molecule has 1 aliphatic rings. The summed E-state index contributed by atoms with van der Waals surface area (Å²) in [5, 5.41) is 1.28. The average molecular weight is 289 g/mol. The molecule has 1 aromatic rings. The minimum absolute atomic E-state index is 0.242. The van der Waals surface area contributed by atoms with Crippen LogP contribution in [0, 0.1) is 0 Å². The van der Waals surface area contributed by atoms with Gasteiger partial charge in [0.05, 0.1) is 10.0 Å². The second kappa shape index (κ2) is 6.22. The standard InChI is InChI=1S/C13H18Cl2N2O/c1-18-6-2-5-17-8-10-9(12(17)7-16)3-4-11(14)13(10)15/h3-4,12H,2,5-8,16H2,1H3. The summed E-state index contributed by atoms with van der Waals surface area (Å²) in [7, 11) is 1.72. The van der Waals surface area contributed by atoms with Crippen LogP contribution in [0.2, 0.25) is 10.0 Å². The Morgan fingerprint density at radius 2 is 2.22 bits per heavy atom. The van der Waals surface area contributed by atoms with E-state index in [9.17, 15) is 0 Å². The molecule has 3 nitrogen and oxygen atoms in total. The highest BCUT2D eigenvalue weighted by Crippen LogP contribution is 2.39. The van der Waals surface area contributed by atoms with Gasteiger partial charge in [-0.3, -0.25) is 4.90 Å². The Kier molecular flexibility index (Phi) is 4.87. The number of ether oxygens (including phenoxy) is 1. The molecule has 5 heteroatoms. The lowest BCUT2D eigenvalue weighted by Crippen LogP contribution is -2.29. The first kappa shape index (κ1) is 14.1. The van der Waals surface area contributed by atoms with Crippen molar-refractivity contribution in [2.75, 3.05) is 26.8 Å². The largest absolute Gasteiger partial charge is 0.385 e. The van der Waals surface area contributed by atoms with E-state index in [-0.39, 0.29) is 6.04 Å². The van der Waals surface area contributed by atoms with Crippen LogP contribution in [0.5, 0.6) is 0 Å². The van der Waals surface area contributed by atoms with Crippen LogP contribution in [-0.4, -0.2) is 31.7 Å². The third-order valence-electron chi connectivity index (χ3n) is 3.41. The predicted molar refractivity (Wildman–Crippen MR) is 75.2 cm³/mol. The SMILES string of the molecule is COCCCN1Cc2c(ccc(Cl)c2Cl)C1CN. The molecule has 0 spiro atoms. The van der Waals surface area contributed by atoms with Crippen molar-refractivity contribution in [1.29, 1.82) is 0 Å². The van der Waals surface area contributed by atoms with Crippen LogP contribution in [0.4, 0.5) is 0 Å². The molecule has 18 heavy (non-hydrogen) atoms. The Morgan fingerprint density at radius 3 is 2.89 bits per heavy atom. The van der Waals surface area contributed by atoms with Crippen molar-refractivity contribution in [3.05, 3.63) is 33.3 Å². The van der Waals surface area contributed by atoms with Crippen LogP contribution in [-0.2, 0) is 11.3 Å². The lowest BCUT2D eigenvalue weighted by molar-refractivity contribution is 0.156. The van der Waals surface area contributed by atoms with Gasteiger partial charge in [0, 0.05) is 39.4 Å². The minimum atomic E-state index is 0.242. The molecule has 0 bridgehead atoms. The van der Waals surface area contributed by atoms with E-state index in [1.165, 1.54) is 5.56 Å². The van der Waals surface area contributed by atoms with Gasteiger partial charge in [0.25, 0.3) is 0 Å². The van der Waals surface area contributed by atoms with Crippen LogP contribution in [0.3, 0.4) is 0 Å². The van der Waals surface area contributed by atoms with Gasteiger partial charge in [-0.25, -0.2) is 0 Å². The maximum absolute atomic E-state index is 6.26. The van der Waals surface area contributed by atoms with Crippen molar-refractivity contribution in [1.82, 2.24) is 4.90 Å². The summed E-state index contributed by atoms with van der Waals surface area (Å²) in [5.74, 6) is 0. The topological polar surface area (TPSA) is 38.5 Å². The van der Waals surface area contributed by atoms with Crippen LogP contribution in [0.15, 0.2) is 12.1 Å². The third-order valence-corrected chi connectivity index (χ3v) is 4.25. The van der Waals surface area contributed by atoms with E-state index in [2.05, 4.69) is 4.90 Å². The summed E-state index contributed by atoms with van der Waals surface area (Å²) in [6.45, 7) is 3.13. The molecule has 1 aliphatic heterocycles. The first-order valence-corrected chi connectivity index (χ1v) is 6.84. The van der Waals surface area contributed by atoms with E-state index >= 15 is 0 Å². The fourth-order valence-electron chi connectivity index (χ4n) is 2.51. The van der Waals surface area contributed by atoms with Crippen molar-refractivity contribution in [2.24, 2.45) is 5.73 Å². The van der Waals surface area contributed by atoms with Crippen LogP contribution in [0.25, 0.3) is 0 Å². The third kappa shape index (κ3) is 2.65. The fourth-order valence-corrected chi connectivity index (χ4v) is 2.92. The molecule has 0 saturated carbocycles. The summed E-state index contributed by atoms with van der Waals surface area (Å²) in [6.07, 6.45) is 0.992. The normalized spacial score (nSPS) is 19.2. The maximum atomic E-state index is 6.26. The quantitative estimate of drug-likeness (QED) is 0.847. The van der Waals surface area contributed by atoms with Crippen LogP contribution >= 0.6 is 23.2 Å². The molecule has 0 saturated heterocycles. The Balaban J connectivity index is 2.17. The zero-order chi connectivity index (χ0) is 13.1. The molecule has 2 rings (SSSR count). The molecule has 0 aromatic heterocycles. The van der Waals surface area contributed by atoms with E-state index in [1.54, 1.807) is 7.11 Å². The molecule has 0 amide bonds. The first-order chi connectivity index (χ1) is 8.69. The van der Waals surface area contributed by atoms with Gasteiger partial charge in [-0.2, -0.15) is 0 Å². The summed E-state index contributed by atoms with van der Waals surface area (Å²) < 4.78 is 5.09. The number of fused-ring (bicyclic) bond motifs is 1. The number of methoxy groups -OCH3 is 1. The van der Waals surface area contributed by atoms with Gasteiger partial charge in [-0.05, 0) is 23.6 Å². The molecule has 1 heterocycles. The number of nitrogens with zero attached hydrogens (tertiary/aromatic N) is 1. The Hall–Kier alpha value is -0.320. The molecular formula is C13H18Cl2N2O. The molecule has 0 aliphatic carbocycles. The minimum Gasteiger partial charge on any atom is -0.385 e. The second-order valence-corrected chi connectivity index (χ2v) is 5.28. The molecular weight excluding hydrogens is 271 g/mol. The Morgan fingerprint density at radius 1 is 1.44 bits per heavy atom. The predicted octanol–water partition coefficient (Wildman–Crippen LogP) is 2.85. The lowest BCUT2D eigenvalue weighted by Gasteiger charge is -2.23. The van der Waals surface area contributed by atoms with Crippen molar-refractivity contribution in [2.45, 2.75) is 19.0 Å². The zero-order valence-electron chi connectivity index (χ0n) is 10.5. The van der Waals surface area contributed by atoms with E-state index in [4.69, 9.17) is 33.7 Å². The van der Waals surface area contributed by atoms with E-state index < -0.39 is 0 Å². The number of halogens is 2. The van der Waals surface area contributed by atoms with Gasteiger partial charge >= 0.3 is 0 Å². The van der Waals surface area contributed by atoms with E-state index in [0.29, 0.717) is 16.6 Å². The lowest BCUT2D eigenvalue weighted by atomic mass is 10.1. The van der Waals surface area contributed by atoms with E-state index in [0.717, 1.165) is 31.7 Å². The molecule has 1 unspecified atom stereocenters. The van der Waals surface area contributed by atoms with Crippen molar-refractivity contribution in [3.8, 4) is 0 Å².